The van der Waals surface area contributed by atoms with E-state index in [4.69, 9.17) is 0 Å². The van der Waals surface area contributed by atoms with Crippen LogP contribution in [0.25, 0.3) is 10.2 Å². The number of hydrogen-bond donors (Lipinski definition) is 2. The van der Waals surface area contributed by atoms with E-state index in [1.54, 1.807) is 17.7 Å². The molecule has 0 aromatic carbocycles. The van der Waals surface area contributed by atoms with Crippen molar-refractivity contribution in [1.29, 1.82) is 0 Å². The van der Waals surface area contributed by atoms with Crippen molar-refractivity contribution in [3.05, 3.63) is 16.8 Å². The van der Waals surface area contributed by atoms with E-state index in [0.29, 0.717) is 5.92 Å². The SMILES string of the molecule is CC1CCNC(=O)C1Nc1ncnc2sc3c(c12)CCC3. The molecule has 3 heterocycles. The Morgan fingerprint density at radius 3 is 3.14 bits per heavy atom. The fraction of sp³-hybridized carbons (Fsp3) is 0.533. The minimum absolute atomic E-state index is 0.0763. The second kappa shape index (κ2) is 4.94. The lowest BCUT2D eigenvalue weighted by Crippen LogP contribution is -2.49. The summed E-state index contributed by atoms with van der Waals surface area (Å²) in [5, 5.41) is 7.46. The molecule has 0 radical (unpaired) electrons. The van der Waals surface area contributed by atoms with E-state index in [2.05, 4.69) is 27.5 Å². The van der Waals surface area contributed by atoms with Gasteiger partial charge in [-0.3, -0.25) is 4.79 Å². The molecule has 2 N–H and O–H groups in total. The Kier molecular flexibility index (Phi) is 3.06. The second-order valence-electron chi connectivity index (χ2n) is 5.94. The molecule has 1 aliphatic heterocycles. The van der Waals surface area contributed by atoms with Crippen LogP contribution in [0.2, 0.25) is 0 Å². The van der Waals surface area contributed by atoms with Gasteiger partial charge in [0, 0.05) is 11.4 Å². The third-order valence-corrected chi connectivity index (χ3v) is 5.74. The number of aromatic nitrogens is 2. The minimum atomic E-state index is -0.200. The molecule has 110 valence electrons. The molecule has 21 heavy (non-hydrogen) atoms. The molecule has 2 unspecified atom stereocenters. The number of thiophene rings is 1. The number of aryl methyl sites for hydroxylation is 2. The first-order valence-corrected chi connectivity index (χ1v) is 8.35. The van der Waals surface area contributed by atoms with Crippen molar-refractivity contribution < 1.29 is 4.79 Å². The molecular weight excluding hydrogens is 284 g/mol. The summed E-state index contributed by atoms with van der Waals surface area (Å²) in [5.41, 5.74) is 1.39. The van der Waals surface area contributed by atoms with Crippen LogP contribution in [0.15, 0.2) is 6.33 Å². The first-order chi connectivity index (χ1) is 10.2. The van der Waals surface area contributed by atoms with E-state index in [0.717, 1.165) is 41.8 Å². The number of piperidine rings is 1. The zero-order valence-electron chi connectivity index (χ0n) is 12.0. The molecule has 6 heteroatoms. The quantitative estimate of drug-likeness (QED) is 0.891. The molecule has 2 aromatic heterocycles. The van der Waals surface area contributed by atoms with E-state index in [1.165, 1.54) is 16.9 Å². The highest BCUT2D eigenvalue weighted by atomic mass is 32.1. The normalized spacial score (nSPS) is 24.9. The summed E-state index contributed by atoms with van der Waals surface area (Å²) in [6.45, 7) is 2.89. The highest BCUT2D eigenvalue weighted by molar-refractivity contribution is 7.19. The van der Waals surface area contributed by atoms with Crippen molar-refractivity contribution in [2.45, 2.75) is 38.6 Å². The van der Waals surface area contributed by atoms with Gasteiger partial charge < -0.3 is 10.6 Å². The number of carbonyl (C=O) groups excluding carboxylic acids is 1. The van der Waals surface area contributed by atoms with Gasteiger partial charge >= 0.3 is 0 Å². The smallest absolute Gasteiger partial charge is 0.242 e. The van der Waals surface area contributed by atoms with Crippen LogP contribution in [-0.4, -0.2) is 28.5 Å². The predicted molar refractivity (Wildman–Crippen MR) is 83.6 cm³/mol. The lowest BCUT2D eigenvalue weighted by atomic mass is 9.94. The summed E-state index contributed by atoms with van der Waals surface area (Å²) in [4.78, 5) is 23.4. The van der Waals surface area contributed by atoms with Gasteiger partial charge in [-0.1, -0.05) is 6.92 Å². The zero-order valence-corrected chi connectivity index (χ0v) is 12.8. The molecule has 1 fully saturated rings. The topological polar surface area (TPSA) is 66.9 Å². The van der Waals surface area contributed by atoms with Crippen LogP contribution < -0.4 is 10.6 Å². The van der Waals surface area contributed by atoms with Crippen LogP contribution in [0.4, 0.5) is 5.82 Å². The second-order valence-corrected chi connectivity index (χ2v) is 7.02. The van der Waals surface area contributed by atoms with Gasteiger partial charge in [-0.15, -0.1) is 11.3 Å². The molecule has 1 aliphatic carbocycles. The number of nitrogens with zero attached hydrogens (tertiary/aromatic N) is 2. The van der Waals surface area contributed by atoms with Crippen molar-refractivity contribution in [2.24, 2.45) is 5.92 Å². The maximum Gasteiger partial charge on any atom is 0.242 e. The first-order valence-electron chi connectivity index (χ1n) is 7.53. The highest BCUT2D eigenvalue weighted by Crippen LogP contribution is 2.39. The van der Waals surface area contributed by atoms with Crippen LogP contribution in [0.5, 0.6) is 0 Å². The van der Waals surface area contributed by atoms with Gasteiger partial charge in [-0.2, -0.15) is 0 Å². The Bertz CT molecular complexity index is 711. The lowest BCUT2D eigenvalue weighted by Gasteiger charge is -2.29. The Morgan fingerprint density at radius 1 is 1.38 bits per heavy atom. The van der Waals surface area contributed by atoms with Crippen LogP contribution in [0, 0.1) is 5.92 Å². The third kappa shape index (κ3) is 2.09. The van der Waals surface area contributed by atoms with E-state index in [-0.39, 0.29) is 11.9 Å². The highest BCUT2D eigenvalue weighted by Gasteiger charge is 2.30. The molecule has 0 bridgehead atoms. The molecular formula is C15H18N4OS. The number of nitrogens with one attached hydrogen (secondary N) is 2. The summed E-state index contributed by atoms with van der Waals surface area (Å²) in [6.07, 6.45) is 6.06. The van der Waals surface area contributed by atoms with E-state index in [1.807, 2.05) is 0 Å². The Morgan fingerprint density at radius 2 is 2.29 bits per heavy atom. The fourth-order valence-electron chi connectivity index (χ4n) is 3.35. The van der Waals surface area contributed by atoms with E-state index in [9.17, 15) is 4.79 Å². The Balaban J connectivity index is 1.75. The first kappa shape index (κ1) is 13.0. The maximum absolute atomic E-state index is 12.1. The number of amides is 1. The van der Waals surface area contributed by atoms with Crippen molar-refractivity contribution in [3.63, 3.8) is 0 Å². The maximum atomic E-state index is 12.1. The summed E-state index contributed by atoms with van der Waals surface area (Å²) in [6, 6.07) is -0.200. The van der Waals surface area contributed by atoms with Crippen molar-refractivity contribution in [1.82, 2.24) is 15.3 Å². The van der Waals surface area contributed by atoms with Crippen molar-refractivity contribution >= 4 is 33.3 Å². The van der Waals surface area contributed by atoms with Gasteiger partial charge in [0.25, 0.3) is 0 Å². The standard InChI is InChI=1S/C15H18N4OS/c1-8-5-6-16-14(20)12(8)19-13-11-9-3-2-4-10(9)21-15(11)18-7-17-13/h7-8,12H,2-6H2,1H3,(H,16,20)(H,17,18,19). The molecule has 0 saturated carbocycles. The number of rotatable bonds is 2. The monoisotopic (exact) mass is 302 g/mol. The molecule has 1 amide bonds. The summed E-state index contributed by atoms with van der Waals surface area (Å²) in [5.74, 6) is 1.22. The van der Waals surface area contributed by atoms with E-state index >= 15 is 0 Å². The van der Waals surface area contributed by atoms with Crippen molar-refractivity contribution in [3.8, 4) is 0 Å². The zero-order chi connectivity index (χ0) is 14.4. The van der Waals surface area contributed by atoms with Crippen LogP contribution in [0.3, 0.4) is 0 Å². The average Bonchev–Trinajstić information content (AvgIpc) is 3.03. The molecule has 2 atom stereocenters. The van der Waals surface area contributed by atoms with Gasteiger partial charge in [-0.05, 0) is 37.2 Å². The number of fused-ring (bicyclic) bond motifs is 3. The van der Waals surface area contributed by atoms with Crippen LogP contribution in [0.1, 0.15) is 30.2 Å². The largest absolute Gasteiger partial charge is 0.358 e. The van der Waals surface area contributed by atoms with Crippen LogP contribution >= 0.6 is 11.3 Å². The Labute approximate surface area is 127 Å². The summed E-state index contributed by atoms with van der Waals surface area (Å²) >= 11 is 1.77. The number of hydrogen-bond acceptors (Lipinski definition) is 5. The third-order valence-electron chi connectivity index (χ3n) is 4.54. The fourth-order valence-corrected chi connectivity index (χ4v) is 4.58. The van der Waals surface area contributed by atoms with Gasteiger partial charge in [0.15, 0.2) is 0 Å². The van der Waals surface area contributed by atoms with Crippen molar-refractivity contribution in [2.75, 3.05) is 11.9 Å². The lowest BCUT2D eigenvalue weighted by molar-refractivity contribution is -0.124. The summed E-state index contributed by atoms with van der Waals surface area (Å²) in [7, 11) is 0. The van der Waals surface area contributed by atoms with Crippen LogP contribution in [-0.2, 0) is 17.6 Å². The average molecular weight is 302 g/mol. The van der Waals surface area contributed by atoms with Gasteiger partial charge in [0.05, 0.1) is 5.39 Å². The van der Waals surface area contributed by atoms with Gasteiger partial charge in [0.1, 0.15) is 23.0 Å². The summed E-state index contributed by atoms with van der Waals surface area (Å²) < 4.78 is 0. The Hall–Kier alpha value is -1.69. The molecule has 1 saturated heterocycles. The molecule has 2 aliphatic rings. The molecule has 2 aromatic rings. The minimum Gasteiger partial charge on any atom is -0.358 e. The number of anilines is 1. The van der Waals surface area contributed by atoms with Gasteiger partial charge in [-0.25, -0.2) is 9.97 Å². The van der Waals surface area contributed by atoms with Gasteiger partial charge in [0.2, 0.25) is 5.91 Å². The van der Waals surface area contributed by atoms with E-state index < -0.39 is 0 Å². The number of carbonyl (C=O) groups is 1. The molecule has 0 spiro atoms. The predicted octanol–water partition coefficient (Wildman–Crippen LogP) is 2.12. The molecule has 5 nitrogen and oxygen atoms in total. The molecule has 4 rings (SSSR count).